The van der Waals surface area contributed by atoms with Gasteiger partial charge in [0, 0.05) is 33.9 Å². The molecule has 0 aliphatic heterocycles. The molecular formula is C11H20ClN3O. The summed E-state index contributed by atoms with van der Waals surface area (Å²) in [5, 5.41) is 8.38. The summed E-state index contributed by atoms with van der Waals surface area (Å²) >= 11 is 6.14. The van der Waals surface area contributed by atoms with Crippen molar-refractivity contribution in [1.29, 1.82) is 0 Å². The van der Waals surface area contributed by atoms with E-state index in [1.807, 2.05) is 18.7 Å². The fourth-order valence-corrected chi connectivity index (χ4v) is 1.88. The van der Waals surface area contributed by atoms with Crippen LogP contribution < -0.4 is 5.32 Å². The minimum Gasteiger partial charge on any atom is -0.384 e. The Morgan fingerprint density at radius 3 is 2.75 bits per heavy atom. The van der Waals surface area contributed by atoms with Crippen LogP contribution in [0, 0.1) is 12.8 Å². The first kappa shape index (κ1) is 13.5. The van der Waals surface area contributed by atoms with Crippen molar-refractivity contribution in [1.82, 2.24) is 15.1 Å². The molecule has 92 valence electrons. The largest absolute Gasteiger partial charge is 0.384 e. The summed E-state index contributed by atoms with van der Waals surface area (Å²) in [4.78, 5) is 0. The van der Waals surface area contributed by atoms with E-state index in [0.29, 0.717) is 5.92 Å². The second kappa shape index (κ2) is 6.23. The zero-order chi connectivity index (χ0) is 12.1. The van der Waals surface area contributed by atoms with Gasteiger partial charge in [0.1, 0.15) is 0 Å². The Hall–Kier alpha value is -0.580. The molecule has 0 saturated carbocycles. The zero-order valence-corrected chi connectivity index (χ0v) is 11.1. The van der Waals surface area contributed by atoms with Crippen molar-refractivity contribution >= 4 is 11.6 Å². The fraction of sp³-hybridized carbons (Fsp3) is 0.727. The lowest BCUT2D eigenvalue weighted by atomic mass is 10.2. The summed E-state index contributed by atoms with van der Waals surface area (Å²) in [6.45, 7) is 6.48. The highest BCUT2D eigenvalue weighted by Crippen LogP contribution is 2.18. The monoisotopic (exact) mass is 245 g/mol. The lowest BCUT2D eigenvalue weighted by molar-refractivity contribution is 0.158. The van der Waals surface area contributed by atoms with Gasteiger partial charge >= 0.3 is 0 Å². The second-order valence-electron chi connectivity index (χ2n) is 4.16. The molecule has 0 aromatic carbocycles. The topological polar surface area (TPSA) is 39.1 Å². The Kier molecular flexibility index (Phi) is 5.25. The lowest BCUT2D eigenvalue weighted by Gasteiger charge is -2.11. The fourth-order valence-electron chi connectivity index (χ4n) is 1.65. The number of hydrogen-bond donors (Lipinski definition) is 1. The van der Waals surface area contributed by atoms with Crippen molar-refractivity contribution in [3.8, 4) is 0 Å². The predicted octanol–water partition coefficient (Wildman–Crippen LogP) is 1.75. The Morgan fingerprint density at radius 2 is 2.25 bits per heavy atom. The molecular weight excluding hydrogens is 226 g/mol. The maximum atomic E-state index is 6.14. The van der Waals surface area contributed by atoms with Gasteiger partial charge in [-0.05, 0) is 12.8 Å². The van der Waals surface area contributed by atoms with Gasteiger partial charge < -0.3 is 10.1 Å². The molecule has 0 aliphatic rings. The quantitative estimate of drug-likeness (QED) is 0.830. The van der Waals surface area contributed by atoms with Gasteiger partial charge in [-0.1, -0.05) is 18.5 Å². The summed E-state index contributed by atoms with van der Waals surface area (Å²) in [5.74, 6) is 0.498. The van der Waals surface area contributed by atoms with Crippen molar-refractivity contribution in [3.05, 3.63) is 16.4 Å². The van der Waals surface area contributed by atoms with Gasteiger partial charge in [-0.2, -0.15) is 5.10 Å². The highest BCUT2D eigenvalue weighted by atomic mass is 35.5. The van der Waals surface area contributed by atoms with Crippen LogP contribution >= 0.6 is 11.6 Å². The number of methoxy groups -OCH3 is 1. The van der Waals surface area contributed by atoms with Gasteiger partial charge in [-0.15, -0.1) is 0 Å². The SMILES string of the molecule is COCC(C)CNCc1c(Cl)c(C)nn1C. The molecule has 0 aliphatic carbocycles. The second-order valence-corrected chi connectivity index (χ2v) is 4.54. The summed E-state index contributed by atoms with van der Waals surface area (Å²) in [6.07, 6.45) is 0. The van der Waals surface area contributed by atoms with E-state index in [4.69, 9.17) is 16.3 Å². The third kappa shape index (κ3) is 3.47. The Bertz CT molecular complexity index is 338. The molecule has 1 rings (SSSR count). The van der Waals surface area contributed by atoms with Crippen LogP contribution in [0.3, 0.4) is 0 Å². The van der Waals surface area contributed by atoms with E-state index in [0.717, 1.165) is 36.1 Å². The number of aromatic nitrogens is 2. The van der Waals surface area contributed by atoms with Crippen molar-refractivity contribution in [2.45, 2.75) is 20.4 Å². The average molecular weight is 246 g/mol. The molecule has 0 spiro atoms. The molecule has 1 heterocycles. The van der Waals surface area contributed by atoms with E-state index < -0.39 is 0 Å². The first-order valence-electron chi connectivity index (χ1n) is 5.43. The van der Waals surface area contributed by atoms with Gasteiger partial charge in [-0.25, -0.2) is 0 Å². The number of hydrogen-bond acceptors (Lipinski definition) is 3. The minimum absolute atomic E-state index is 0.498. The summed E-state index contributed by atoms with van der Waals surface area (Å²) in [7, 11) is 3.63. The molecule has 0 amide bonds. The number of nitrogens with one attached hydrogen (secondary N) is 1. The van der Waals surface area contributed by atoms with Crippen LogP contribution in [0.5, 0.6) is 0 Å². The maximum Gasteiger partial charge on any atom is 0.0860 e. The molecule has 5 heteroatoms. The van der Waals surface area contributed by atoms with Crippen LogP contribution in [-0.2, 0) is 18.3 Å². The van der Waals surface area contributed by atoms with Crippen LogP contribution in [-0.4, -0.2) is 30.0 Å². The Morgan fingerprint density at radius 1 is 1.56 bits per heavy atom. The molecule has 0 saturated heterocycles. The molecule has 1 atom stereocenters. The molecule has 0 fully saturated rings. The van der Waals surface area contributed by atoms with Crippen molar-refractivity contribution in [3.63, 3.8) is 0 Å². The van der Waals surface area contributed by atoms with Crippen LogP contribution in [0.2, 0.25) is 5.02 Å². The normalized spacial score (nSPS) is 13.1. The first-order chi connectivity index (χ1) is 7.56. The summed E-state index contributed by atoms with van der Waals surface area (Å²) < 4.78 is 6.90. The number of halogens is 1. The Labute approximate surface area is 102 Å². The third-order valence-corrected chi connectivity index (χ3v) is 2.99. The zero-order valence-electron chi connectivity index (χ0n) is 10.4. The summed E-state index contributed by atoms with van der Waals surface area (Å²) in [6, 6.07) is 0. The standard InChI is InChI=1S/C11H20ClN3O/c1-8(7-16-4)5-13-6-10-11(12)9(2)14-15(10)3/h8,13H,5-7H2,1-4H3. The van der Waals surface area contributed by atoms with Gasteiger partial charge in [0.05, 0.1) is 16.4 Å². The molecule has 0 radical (unpaired) electrons. The van der Waals surface area contributed by atoms with E-state index in [9.17, 15) is 0 Å². The van der Waals surface area contributed by atoms with Crippen molar-refractivity contribution in [2.75, 3.05) is 20.3 Å². The van der Waals surface area contributed by atoms with Crippen LogP contribution in [0.4, 0.5) is 0 Å². The van der Waals surface area contributed by atoms with E-state index >= 15 is 0 Å². The molecule has 4 nitrogen and oxygen atoms in total. The van der Waals surface area contributed by atoms with E-state index in [1.54, 1.807) is 7.11 Å². The van der Waals surface area contributed by atoms with Gasteiger partial charge in [-0.3, -0.25) is 4.68 Å². The van der Waals surface area contributed by atoms with Gasteiger partial charge in [0.2, 0.25) is 0 Å². The lowest BCUT2D eigenvalue weighted by Crippen LogP contribution is -2.24. The highest BCUT2D eigenvalue weighted by Gasteiger charge is 2.10. The highest BCUT2D eigenvalue weighted by molar-refractivity contribution is 6.31. The van der Waals surface area contributed by atoms with E-state index in [2.05, 4.69) is 17.3 Å². The van der Waals surface area contributed by atoms with Crippen LogP contribution in [0.1, 0.15) is 18.3 Å². The third-order valence-electron chi connectivity index (χ3n) is 2.50. The number of aryl methyl sites for hydroxylation is 2. The maximum absolute atomic E-state index is 6.14. The smallest absolute Gasteiger partial charge is 0.0860 e. The first-order valence-corrected chi connectivity index (χ1v) is 5.81. The Balaban J connectivity index is 2.43. The molecule has 1 aromatic heterocycles. The van der Waals surface area contributed by atoms with Crippen LogP contribution in [0.15, 0.2) is 0 Å². The predicted molar refractivity (Wildman–Crippen MR) is 65.7 cm³/mol. The van der Waals surface area contributed by atoms with Gasteiger partial charge in [0.15, 0.2) is 0 Å². The summed E-state index contributed by atoms with van der Waals surface area (Å²) in [5.41, 5.74) is 1.91. The molecule has 0 bridgehead atoms. The van der Waals surface area contributed by atoms with Crippen LogP contribution in [0.25, 0.3) is 0 Å². The number of nitrogens with zero attached hydrogens (tertiary/aromatic N) is 2. The van der Waals surface area contributed by atoms with E-state index in [-0.39, 0.29) is 0 Å². The van der Waals surface area contributed by atoms with Crippen molar-refractivity contribution < 1.29 is 4.74 Å². The van der Waals surface area contributed by atoms with Gasteiger partial charge in [0.25, 0.3) is 0 Å². The molecule has 16 heavy (non-hydrogen) atoms. The number of rotatable bonds is 6. The number of ether oxygens (including phenoxy) is 1. The average Bonchev–Trinajstić information content (AvgIpc) is 2.45. The minimum atomic E-state index is 0.498. The molecule has 1 aromatic rings. The molecule has 1 unspecified atom stereocenters. The van der Waals surface area contributed by atoms with Crippen molar-refractivity contribution in [2.24, 2.45) is 13.0 Å². The molecule has 1 N–H and O–H groups in total. The van der Waals surface area contributed by atoms with E-state index in [1.165, 1.54) is 0 Å².